The first-order chi connectivity index (χ1) is 8.18. The maximum absolute atomic E-state index is 10.3. The van der Waals surface area contributed by atoms with Crippen LogP contribution in [0.15, 0.2) is 48.6 Å². The van der Waals surface area contributed by atoms with E-state index >= 15 is 0 Å². The summed E-state index contributed by atoms with van der Waals surface area (Å²) in [5.41, 5.74) is 1.19. The summed E-state index contributed by atoms with van der Waals surface area (Å²) < 4.78 is 0. The van der Waals surface area contributed by atoms with Gasteiger partial charge in [0.1, 0.15) is 0 Å². The average molecular weight is 230 g/mol. The fourth-order valence-electron chi connectivity index (χ4n) is 1.48. The van der Waals surface area contributed by atoms with E-state index < -0.39 is 5.97 Å². The van der Waals surface area contributed by atoms with Gasteiger partial charge in [0, 0.05) is 6.08 Å². The van der Waals surface area contributed by atoms with Crippen LogP contribution in [0.2, 0.25) is 0 Å². The molecule has 0 bridgehead atoms. The zero-order valence-electron chi connectivity index (χ0n) is 10.0. The van der Waals surface area contributed by atoms with E-state index in [2.05, 4.69) is 31.2 Å². The molecule has 0 spiro atoms. The van der Waals surface area contributed by atoms with E-state index in [9.17, 15) is 4.79 Å². The molecule has 0 aliphatic heterocycles. The molecule has 0 amide bonds. The molecule has 1 aromatic rings. The van der Waals surface area contributed by atoms with Crippen molar-refractivity contribution in [3.05, 3.63) is 54.1 Å². The van der Waals surface area contributed by atoms with Crippen LogP contribution >= 0.6 is 0 Å². The number of rotatable bonds is 6. The Labute approximate surface area is 102 Å². The highest BCUT2D eigenvalue weighted by molar-refractivity contribution is 5.79. The molecule has 0 fully saturated rings. The largest absolute Gasteiger partial charge is 0.478 e. The number of hydrogen-bond acceptors (Lipinski definition) is 1. The molecule has 2 heteroatoms. The summed E-state index contributed by atoms with van der Waals surface area (Å²) in [6.07, 6.45) is 8.93. The quantitative estimate of drug-likeness (QED) is 0.755. The molecular weight excluding hydrogens is 212 g/mol. The van der Waals surface area contributed by atoms with Crippen LogP contribution in [0, 0.1) is 5.92 Å². The molecular formula is C15H18O2. The molecule has 1 atom stereocenters. The van der Waals surface area contributed by atoms with E-state index in [0.29, 0.717) is 5.92 Å². The third-order valence-corrected chi connectivity index (χ3v) is 2.47. The maximum atomic E-state index is 10.3. The first-order valence-corrected chi connectivity index (χ1v) is 5.81. The van der Waals surface area contributed by atoms with E-state index in [4.69, 9.17) is 5.11 Å². The number of aliphatic carboxylic acids is 1. The van der Waals surface area contributed by atoms with Gasteiger partial charge in [0.25, 0.3) is 0 Å². The van der Waals surface area contributed by atoms with Crippen LogP contribution in [-0.4, -0.2) is 11.1 Å². The van der Waals surface area contributed by atoms with Gasteiger partial charge in [-0.2, -0.15) is 0 Å². The monoisotopic (exact) mass is 230 g/mol. The molecule has 90 valence electrons. The Kier molecular flexibility index (Phi) is 5.80. The molecule has 0 saturated heterocycles. The lowest BCUT2D eigenvalue weighted by molar-refractivity contribution is -0.131. The maximum Gasteiger partial charge on any atom is 0.327 e. The Hall–Kier alpha value is -1.83. The van der Waals surface area contributed by atoms with Gasteiger partial charge in [-0.15, -0.1) is 0 Å². The second-order valence-corrected chi connectivity index (χ2v) is 4.07. The molecule has 0 saturated carbocycles. The number of carboxylic acids is 1. The van der Waals surface area contributed by atoms with Gasteiger partial charge in [-0.25, -0.2) is 4.79 Å². The van der Waals surface area contributed by atoms with Gasteiger partial charge < -0.3 is 5.11 Å². The minimum Gasteiger partial charge on any atom is -0.478 e. The predicted molar refractivity (Wildman–Crippen MR) is 70.6 cm³/mol. The van der Waals surface area contributed by atoms with E-state index in [1.54, 1.807) is 6.08 Å². The minimum atomic E-state index is -0.877. The van der Waals surface area contributed by atoms with Crippen molar-refractivity contribution in [1.29, 1.82) is 0 Å². The standard InChI is InChI=1S/C15H18O2/c1-13(7-5-6-10-15(16)17)11-12-14-8-3-2-4-9-14/h2-4,6,8-13H,5,7H2,1H3,(H,16,17)/b10-6+,12-11+/t13-/m0/s1. The SMILES string of the molecule is C[C@H](/C=C/c1ccccc1)CC/C=C/C(=O)O. The highest BCUT2D eigenvalue weighted by Gasteiger charge is 1.95. The van der Waals surface area contributed by atoms with Crippen molar-refractivity contribution in [2.75, 3.05) is 0 Å². The number of benzene rings is 1. The van der Waals surface area contributed by atoms with Gasteiger partial charge >= 0.3 is 5.97 Å². The van der Waals surface area contributed by atoms with Gasteiger partial charge in [0.05, 0.1) is 0 Å². The summed E-state index contributed by atoms with van der Waals surface area (Å²) in [7, 11) is 0. The van der Waals surface area contributed by atoms with Gasteiger partial charge in [0.2, 0.25) is 0 Å². The Morgan fingerprint density at radius 1 is 1.35 bits per heavy atom. The van der Waals surface area contributed by atoms with E-state index in [-0.39, 0.29) is 0 Å². The molecule has 17 heavy (non-hydrogen) atoms. The minimum absolute atomic E-state index is 0.452. The first-order valence-electron chi connectivity index (χ1n) is 5.81. The molecule has 1 N–H and O–H groups in total. The van der Waals surface area contributed by atoms with Crippen LogP contribution < -0.4 is 0 Å². The van der Waals surface area contributed by atoms with Crippen LogP contribution in [0.4, 0.5) is 0 Å². The molecule has 0 aliphatic carbocycles. The molecule has 0 heterocycles. The van der Waals surface area contributed by atoms with E-state index in [1.165, 1.54) is 11.6 Å². The summed E-state index contributed by atoms with van der Waals surface area (Å²) in [5.74, 6) is -0.425. The highest BCUT2D eigenvalue weighted by Crippen LogP contribution is 2.10. The van der Waals surface area contributed by atoms with Crippen molar-refractivity contribution >= 4 is 12.0 Å². The predicted octanol–water partition coefficient (Wildman–Crippen LogP) is 3.76. The number of allylic oxidation sites excluding steroid dienone is 2. The summed E-state index contributed by atoms with van der Waals surface area (Å²) in [4.78, 5) is 10.3. The van der Waals surface area contributed by atoms with Gasteiger partial charge in [0.15, 0.2) is 0 Å². The zero-order chi connectivity index (χ0) is 12.5. The van der Waals surface area contributed by atoms with Crippen molar-refractivity contribution < 1.29 is 9.90 Å². The van der Waals surface area contributed by atoms with Crippen molar-refractivity contribution in [1.82, 2.24) is 0 Å². The van der Waals surface area contributed by atoms with Gasteiger partial charge in [-0.3, -0.25) is 0 Å². The Morgan fingerprint density at radius 2 is 2.06 bits per heavy atom. The van der Waals surface area contributed by atoms with Crippen molar-refractivity contribution in [2.24, 2.45) is 5.92 Å². The Balaban J connectivity index is 2.32. The van der Waals surface area contributed by atoms with Crippen molar-refractivity contribution in [2.45, 2.75) is 19.8 Å². The van der Waals surface area contributed by atoms with Crippen LogP contribution in [0.1, 0.15) is 25.3 Å². The summed E-state index contributed by atoms with van der Waals surface area (Å²) in [5, 5.41) is 8.43. The number of hydrogen-bond donors (Lipinski definition) is 1. The third kappa shape index (κ3) is 6.36. The molecule has 1 aromatic carbocycles. The molecule has 0 aliphatic rings. The summed E-state index contributed by atoms with van der Waals surface area (Å²) in [6.45, 7) is 2.13. The van der Waals surface area contributed by atoms with Gasteiger partial charge in [-0.05, 0) is 24.3 Å². The Morgan fingerprint density at radius 3 is 2.71 bits per heavy atom. The normalized spacial score (nSPS) is 13.2. The lowest BCUT2D eigenvalue weighted by Gasteiger charge is -2.02. The fraction of sp³-hybridized carbons (Fsp3) is 0.267. The fourth-order valence-corrected chi connectivity index (χ4v) is 1.48. The third-order valence-electron chi connectivity index (χ3n) is 2.47. The van der Waals surface area contributed by atoms with Gasteiger partial charge in [-0.1, -0.05) is 55.5 Å². The van der Waals surface area contributed by atoms with Crippen LogP contribution in [0.3, 0.4) is 0 Å². The molecule has 1 rings (SSSR count). The average Bonchev–Trinajstić information content (AvgIpc) is 2.33. The Bertz CT molecular complexity index is 391. The van der Waals surface area contributed by atoms with Crippen molar-refractivity contribution in [3.8, 4) is 0 Å². The number of carbonyl (C=O) groups is 1. The molecule has 0 aromatic heterocycles. The molecule has 0 radical (unpaired) electrons. The zero-order valence-corrected chi connectivity index (χ0v) is 10.0. The summed E-state index contributed by atoms with van der Waals surface area (Å²) >= 11 is 0. The topological polar surface area (TPSA) is 37.3 Å². The second-order valence-electron chi connectivity index (χ2n) is 4.07. The lowest BCUT2D eigenvalue weighted by atomic mass is 10.0. The highest BCUT2D eigenvalue weighted by atomic mass is 16.4. The molecule has 2 nitrogen and oxygen atoms in total. The molecule has 0 unspecified atom stereocenters. The van der Waals surface area contributed by atoms with Crippen LogP contribution in [0.25, 0.3) is 6.08 Å². The first kappa shape index (κ1) is 13.2. The smallest absolute Gasteiger partial charge is 0.327 e. The second kappa shape index (κ2) is 7.44. The van der Waals surface area contributed by atoms with E-state index in [0.717, 1.165) is 12.8 Å². The number of carboxylic acid groups (broad SMARTS) is 1. The van der Waals surface area contributed by atoms with E-state index in [1.807, 2.05) is 18.2 Å². The summed E-state index contributed by atoms with van der Waals surface area (Å²) in [6, 6.07) is 10.2. The van der Waals surface area contributed by atoms with Crippen LogP contribution in [0.5, 0.6) is 0 Å². The lowest BCUT2D eigenvalue weighted by Crippen LogP contribution is -1.89. The van der Waals surface area contributed by atoms with Crippen molar-refractivity contribution in [3.63, 3.8) is 0 Å². The van der Waals surface area contributed by atoms with Crippen LogP contribution in [-0.2, 0) is 4.79 Å².